The summed E-state index contributed by atoms with van der Waals surface area (Å²) in [4.78, 5) is 0. The molecule has 2 aromatic rings. The van der Waals surface area contributed by atoms with Gasteiger partial charge >= 0.3 is 0 Å². The van der Waals surface area contributed by atoms with Crippen LogP contribution in [0.2, 0.25) is 5.02 Å². The van der Waals surface area contributed by atoms with Gasteiger partial charge < -0.3 is 9.30 Å². The number of hydrogen-bond acceptors (Lipinski definition) is 4. The first kappa shape index (κ1) is 14.9. The van der Waals surface area contributed by atoms with Gasteiger partial charge in [0.05, 0.1) is 6.10 Å². The van der Waals surface area contributed by atoms with E-state index in [1.54, 1.807) is 11.8 Å². The van der Waals surface area contributed by atoms with Gasteiger partial charge in [0, 0.05) is 29.5 Å². The smallest absolute Gasteiger partial charge is 0.191 e. The normalized spacial score (nSPS) is 18.3. The van der Waals surface area contributed by atoms with Crippen molar-refractivity contribution in [3.05, 3.63) is 29.3 Å². The second-order valence-corrected chi connectivity index (χ2v) is 6.43. The zero-order valence-corrected chi connectivity index (χ0v) is 13.5. The van der Waals surface area contributed by atoms with Crippen molar-refractivity contribution in [1.82, 2.24) is 14.8 Å². The zero-order chi connectivity index (χ0) is 14.7. The molecule has 0 radical (unpaired) electrons. The van der Waals surface area contributed by atoms with Crippen LogP contribution in [0, 0.1) is 0 Å². The number of ether oxygens (including phenoxy) is 1. The molecular weight excluding hydrogens is 306 g/mol. The maximum absolute atomic E-state index is 6.07. The van der Waals surface area contributed by atoms with Gasteiger partial charge in [-0.05, 0) is 31.9 Å². The van der Waals surface area contributed by atoms with E-state index in [-0.39, 0.29) is 0 Å². The predicted octanol–water partition coefficient (Wildman–Crippen LogP) is 3.89. The summed E-state index contributed by atoms with van der Waals surface area (Å²) in [5.74, 6) is 1.81. The Bertz CT molecular complexity index is 611. The minimum Gasteiger partial charge on any atom is -0.377 e. The predicted molar refractivity (Wildman–Crippen MR) is 85.8 cm³/mol. The molecular formula is C15H18ClN3OS. The Balaban J connectivity index is 1.79. The van der Waals surface area contributed by atoms with Gasteiger partial charge in [-0.2, -0.15) is 0 Å². The summed E-state index contributed by atoms with van der Waals surface area (Å²) < 4.78 is 7.79. The highest BCUT2D eigenvalue weighted by molar-refractivity contribution is 7.99. The average molecular weight is 324 g/mol. The van der Waals surface area contributed by atoms with Gasteiger partial charge in [0.1, 0.15) is 0 Å². The first-order valence-electron chi connectivity index (χ1n) is 7.21. The summed E-state index contributed by atoms with van der Waals surface area (Å²) in [6.07, 6.45) is 2.67. The molecule has 1 atom stereocenters. The van der Waals surface area contributed by atoms with Crippen LogP contribution in [0.5, 0.6) is 0 Å². The van der Waals surface area contributed by atoms with E-state index in [4.69, 9.17) is 16.3 Å². The lowest BCUT2D eigenvalue weighted by atomic mass is 10.2. The summed E-state index contributed by atoms with van der Waals surface area (Å²) in [6, 6.07) is 7.74. The van der Waals surface area contributed by atoms with E-state index < -0.39 is 0 Å². The number of rotatable bonds is 5. The largest absolute Gasteiger partial charge is 0.377 e. The molecule has 1 aromatic heterocycles. The van der Waals surface area contributed by atoms with E-state index in [0.717, 1.165) is 41.9 Å². The standard InChI is InChI=1S/C15H18ClN3OS/c1-2-19-14(11-5-3-6-12(16)9-11)17-18-15(19)21-10-13-7-4-8-20-13/h3,5-6,9,13H,2,4,7-8,10H2,1H3. The zero-order valence-electron chi connectivity index (χ0n) is 12.0. The molecule has 0 saturated carbocycles. The van der Waals surface area contributed by atoms with Crippen LogP contribution in [-0.2, 0) is 11.3 Å². The van der Waals surface area contributed by atoms with Gasteiger partial charge in [-0.3, -0.25) is 0 Å². The third-order valence-electron chi connectivity index (χ3n) is 3.54. The van der Waals surface area contributed by atoms with Crippen LogP contribution in [0.1, 0.15) is 19.8 Å². The van der Waals surface area contributed by atoms with Crippen molar-refractivity contribution in [2.45, 2.75) is 37.6 Å². The monoisotopic (exact) mass is 323 g/mol. The summed E-state index contributed by atoms with van der Waals surface area (Å²) >= 11 is 7.79. The van der Waals surface area contributed by atoms with Crippen LogP contribution in [0.4, 0.5) is 0 Å². The van der Waals surface area contributed by atoms with E-state index in [0.29, 0.717) is 11.1 Å². The molecule has 112 valence electrons. The first-order chi connectivity index (χ1) is 10.3. The molecule has 1 aromatic carbocycles. The number of benzene rings is 1. The third kappa shape index (κ3) is 3.42. The van der Waals surface area contributed by atoms with Gasteiger partial charge in [0.15, 0.2) is 11.0 Å². The van der Waals surface area contributed by atoms with Crippen molar-refractivity contribution >= 4 is 23.4 Å². The molecule has 0 bridgehead atoms. The molecule has 6 heteroatoms. The molecule has 0 aliphatic carbocycles. The number of thioether (sulfide) groups is 1. The van der Waals surface area contributed by atoms with E-state index in [2.05, 4.69) is 21.7 Å². The first-order valence-corrected chi connectivity index (χ1v) is 8.58. The fourth-order valence-electron chi connectivity index (χ4n) is 2.46. The molecule has 1 aliphatic rings. The van der Waals surface area contributed by atoms with E-state index in [1.165, 1.54) is 6.42 Å². The summed E-state index contributed by atoms with van der Waals surface area (Å²) in [6.45, 7) is 3.83. The van der Waals surface area contributed by atoms with Crippen molar-refractivity contribution in [1.29, 1.82) is 0 Å². The molecule has 1 aliphatic heterocycles. The molecule has 4 nitrogen and oxygen atoms in total. The number of nitrogens with zero attached hydrogens (tertiary/aromatic N) is 3. The maximum Gasteiger partial charge on any atom is 0.191 e. The van der Waals surface area contributed by atoms with Gasteiger partial charge in [-0.1, -0.05) is 35.5 Å². The van der Waals surface area contributed by atoms with Crippen molar-refractivity contribution in [2.24, 2.45) is 0 Å². The van der Waals surface area contributed by atoms with E-state index in [1.807, 2.05) is 24.3 Å². The lowest BCUT2D eigenvalue weighted by Gasteiger charge is -2.10. The summed E-state index contributed by atoms with van der Waals surface area (Å²) in [7, 11) is 0. The van der Waals surface area contributed by atoms with Crippen LogP contribution in [0.3, 0.4) is 0 Å². The second kappa shape index (κ2) is 6.81. The van der Waals surface area contributed by atoms with Crippen molar-refractivity contribution in [2.75, 3.05) is 12.4 Å². The van der Waals surface area contributed by atoms with Gasteiger partial charge in [0.25, 0.3) is 0 Å². The maximum atomic E-state index is 6.07. The molecule has 1 saturated heterocycles. The van der Waals surface area contributed by atoms with E-state index >= 15 is 0 Å². The highest BCUT2D eigenvalue weighted by Gasteiger charge is 2.19. The lowest BCUT2D eigenvalue weighted by Crippen LogP contribution is -2.09. The molecule has 21 heavy (non-hydrogen) atoms. The number of aromatic nitrogens is 3. The Morgan fingerprint density at radius 3 is 3.05 bits per heavy atom. The van der Waals surface area contributed by atoms with Crippen LogP contribution >= 0.6 is 23.4 Å². The SMILES string of the molecule is CCn1c(SCC2CCCO2)nnc1-c1cccc(Cl)c1. The third-order valence-corrected chi connectivity index (χ3v) is 4.87. The van der Waals surface area contributed by atoms with Crippen molar-refractivity contribution < 1.29 is 4.74 Å². The molecule has 1 unspecified atom stereocenters. The Labute approximate surface area is 133 Å². The molecule has 3 rings (SSSR count). The average Bonchev–Trinajstić information content (AvgIpc) is 3.14. The van der Waals surface area contributed by atoms with Gasteiger partial charge in [-0.25, -0.2) is 0 Å². The van der Waals surface area contributed by atoms with Crippen LogP contribution in [-0.4, -0.2) is 33.2 Å². The Morgan fingerprint density at radius 2 is 2.33 bits per heavy atom. The quantitative estimate of drug-likeness (QED) is 0.783. The summed E-state index contributed by atoms with van der Waals surface area (Å²) in [5, 5.41) is 10.3. The Hall–Kier alpha value is -1.04. The second-order valence-electron chi connectivity index (χ2n) is 5.01. The van der Waals surface area contributed by atoms with E-state index in [9.17, 15) is 0 Å². The molecule has 0 spiro atoms. The fraction of sp³-hybridized carbons (Fsp3) is 0.467. The van der Waals surface area contributed by atoms with Gasteiger partial charge in [0.2, 0.25) is 0 Å². The Morgan fingerprint density at radius 1 is 1.43 bits per heavy atom. The minimum absolute atomic E-state index is 0.353. The van der Waals surface area contributed by atoms with Crippen LogP contribution in [0.15, 0.2) is 29.4 Å². The fourth-order valence-corrected chi connectivity index (χ4v) is 3.72. The van der Waals surface area contributed by atoms with Crippen LogP contribution < -0.4 is 0 Å². The highest BCUT2D eigenvalue weighted by atomic mass is 35.5. The number of halogens is 1. The lowest BCUT2D eigenvalue weighted by molar-refractivity contribution is 0.129. The molecule has 2 heterocycles. The molecule has 0 amide bonds. The van der Waals surface area contributed by atoms with Crippen LogP contribution in [0.25, 0.3) is 11.4 Å². The van der Waals surface area contributed by atoms with Crippen molar-refractivity contribution in [3.63, 3.8) is 0 Å². The summed E-state index contributed by atoms with van der Waals surface area (Å²) in [5.41, 5.74) is 1.00. The topological polar surface area (TPSA) is 39.9 Å². The number of hydrogen-bond donors (Lipinski definition) is 0. The molecule has 1 fully saturated rings. The Kier molecular flexibility index (Phi) is 4.83. The van der Waals surface area contributed by atoms with Crippen molar-refractivity contribution in [3.8, 4) is 11.4 Å². The highest BCUT2D eigenvalue weighted by Crippen LogP contribution is 2.27. The van der Waals surface area contributed by atoms with Gasteiger partial charge in [-0.15, -0.1) is 10.2 Å². The minimum atomic E-state index is 0.353. The molecule has 0 N–H and O–H groups in total.